The number of rotatable bonds is 40. The Morgan fingerprint density at radius 2 is 1.04 bits per heavy atom. The molecule has 0 aliphatic rings. The van der Waals surface area contributed by atoms with Crippen LogP contribution in [0.1, 0.15) is 220 Å². The molecule has 0 aromatic carbocycles. The van der Waals surface area contributed by atoms with Gasteiger partial charge in [0.25, 0.3) is 0 Å². The van der Waals surface area contributed by atoms with Gasteiger partial charge in [-0.2, -0.15) is 0 Å². The SMILES string of the molecule is CC/C=C/C/C=C/C/C=C/CCCCCCC(CC(=O)NC(CO)C(O)CCCCCCCCCCCCC)OC(=O)CCCCCCC/C=C\CCC. The van der Waals surface area contributed by atoms with E-state index >= 15 is 0 Å². The number of aliphatic hydroxyl groups excluding tert-OH is 2. The van der Waals surface area contributed by atoms with Crippen LogP contribution in [0.5, 0.6) is 0 Å². The van der Waals surface area contributed by atoms with Crippen molar-refractivity contribution in [3.8, 4) is 0 Å². The van der Waals surface area contributed by atoms with Crippen LogP contribution in [0.15, 0.2) is 48.6 Å². The largest absolute Gasteiger partial charge is 0.462 e. The van der Waals surface area contributed by atoms with Crippen molar-refractivity contribution in [3.05, 3.63) is 48.6 Å². The van der Waals surface area contributed by atoms with E-state index < -0.39 is 18.2 Å². The fourth-order valence-electron chi connectivity index (χ4n) is 6.68. The smallest absolute Gasteiger partial charge is 0.306 e. The van der Waals surface area contributed by atoms with Crippen molar-refractivity contribution in [3.63, 3.8) is 0 Å². The minimum atomic E-state index is -0.793. The Morgan fingerprint density at radius 1 is 0.556 bits per heavy atom. The highest BCUT2D eigenvalue weighted by Crippen LogP contribution is 2.17. The first-order chi connectivity index (χ1) is 26.5. The van der Waals surface area contributed by atoms with Gasteiger partial charge in [0.2, 0.25) is 5.91 Å². The molecule has 0 saturated carbocycles. The van der Waals surface area contributed by atoms with Crippen molar-refractivity contribution in [1.29, 1.82) is 0 Å². The Balaban J connectivity index is 4.65. The van der Waals surface area contributed by atoms with E-state index in [1.54, 1.807) is 0 Å². The molecular formula is C48H87NO5. The third-order valence-corrected chi connectivity index (χ3v) is 10.1. The highest BCUT2D eigenvalue weighted by atomic mass is 16.5. The fourth-order valence-corrected chi connectivity index (χ4v) is 6.68. The molecule has 0 aromatic rings. The van der Waals surface area contributed by atoms with Crippen LogP contribution in [0.2, 0.25) is 0 Å². The molecule has 54 heavy (non-hydrogen) atoms. The summed E-state index contributed by atoms with van der Waals surface area (Å²) >= 11 is 0. The second kappa shape index (κ2) is 42.0. The van der Waals surface area contributed by atoms with Crippen molar-refractivity contribution < 1.29 is 24.5 Å². The summed E-state index contributed by atoms with van der Waals surface area (Å²) in [7, 11) is 0. The number of esters is 1. The lowest BCUT2D eigenvalue weighted by Crippen LogP contribution is -2.46. The number of hydrogen-bond acceptors (Lipinski definition) is 5. The van der Waals surface area contributed by atoms with Crippen LogP contribution < -0.4 is 5.32 Å². The summed E-state index contributed by atoms with van der Waals surface area (Å²) in [5, 5.41) is 23.6. The van der Waals surface area contributed by atoms with Crippen molar-refractivity contribution in [2.24, 2.45) is 0 Å². The normalized spacial score (nSPS) is 13.8. The molecule has 3 N–H and O–H groups in total. The molecule has 0 aromatic heterocycles. The molecule has 0 heterocycles. The van der Waals surface area contributed by atoms with Crippen LogP contribution in [0.3, 0.4) is 0 Å². The molecule has 0 bridgehead atoms. The molecule has 0 rings (SSSR count). The molecule has 1 amide bonds. The Bertz CT molecular complexity index is 941. The number of hydrogen-bond donors (Lipinski definition) is 3. The first kappa shape index (κ1) is 51.8. The van der Waals surface area contributed by atoms with E-state index in [1.165, 1.54) is 70.6 Å². The van der Waals surface area contributed by atoms with E-state index in [9.17, 15) is 19.8 Å². The second-order valence-electron chi connectivity index (χ2n) is 15.4. The zero-order chi connectivity index (χ0) is 39.6. The van der Waals surface area contributed by atoms with Crippen LogP contribution in [0.25, 0.3) is 0 Å². The van der Waals surface area contributed by atoms with E-state index in [1.807, 2.05) is 0 Å². The van der Waals surface area contributed by atoms with Gasteiger partial charge >= 0.3 is 5.97 Å². The number of ether oxygens (including phenoxy) is 1. The lowest BCUT2D eigenvalue weighted by Gasteiger charge is -2.24. The molecule has 314 valence electrons. The third-order valence-electron chi connectivity index (χ3n) is 10.1. The highest BCUT2D eigenvalue weighted by molar-refractivity contribution is 5.77. The van der Waals surface area contributed by atoms with Gasteiger partial charge in [0.15, 0.2) is 0 Å². The van der Waals surface area contributed by atoms with Crippen LogP contribution >= 0.6 is 0 Å². The predicted octanol–water partition coefficient (Wildman–Crippen LogP) is 13.1. The molecule has 6 nitrogen and oxygen atoms in total. The summed E-state index contributed by atoms with van der Waals surface area (Å²) in [5.41, 5.74) is 0. The van der Waals surface area contributed by atoms with Crippen LogP contribution in [-0.2, 0) is 14.3 Å². The monoisotopic (exact) mass is 758 g/mol. The number of amides is 1. The summed E-state index contributed by atoms with van der Waals surface area (Å²) in [4.78, 5) is 25.9. The van der Waals surface area contributed by atoms with Crippen molar-refractivity contribution in [1.82, 2.24) is 5.32 Å². The zero-order valence-corrected chi connectivity index (χ0v) is 35.6. The van der Waals surface area contributed by atoms with Crippen LogP contribution in [0.4, 0.5) is 0 Å². The van der Waals surface area contributed by atoms with E-state index in [0.717, 1.165) is 103 Å². The second-order valence-corrected chi connectivity index (χ2v) is 15.4. The molecule has 0 aliphatic heterocycles. The van der Waals surface area contributed by atoms with E-state index in [2.05, 4.69) is 74.7 Å². The Hall–Kier alpha value is -2.18. The standard InChI is InChI=1S/C48H87NO5/c1-4-7-10-13-16-19-22-23-24-26-27-30-33-36-39-44(54-48(53)41-38-35-32-29-21-18-15-12-9-6-3)42-47(52)49-45(43-50)46(51)40-37-34-31-28-25-20-17-14-11-8-5-2/h7,10,12,15-16,19,23-24,44-46,50-51H,4-6,8-9,11,13-14,17-18,20-22,25-43H2,1-3H3,(H,49,52)/b10-7+,15-12-,19-16+,24-23+. The molecule has 0 saturated heterocycles. The van der Waals surface area contributed by atoms with Crippen molar-refractivity contribution in [2.75, 3.05) is 6.61 Å². The van der Waals surface area contributed by atoms with Gasteiger partial charge in [0.05, 0.1) is 25.2 Å². The summed E-state index contributed by atoms with van der Waals surface area (Å²) in [6.45, 7) is 6.28. The molecule has 3 atom stereocenters. The quantitative estimate of drug-likeness (QED) is 0.0329. The van der Waals surface area contributed by atoms with Gasteiger partial charge in [-0.25, -0.2) is 0 Å². The topological polar surface area (TPSA) is 95.9 Å². The molecule has 0 aliphatic carbocycles. The van der Waals surface area contributed by atoms with Crippen LogP contribution in [-0.4, -0.2) is 46.9 Å². The number of nitrogens with one attached hydrogen (secondary N) is 1. The Kier molecular flexibility index (Phi) is 40.3. The summed E-state index contributed by atoms with van der Waals surface area (Å²) in [6, 6.07) is -0.708. The van der Waals surface area contributed by atoms with Gasteiger partial charge < -0.3 is 20.3 Å². The number of carbonyl (C=O) groups is 2. The molecule has 0 fully saturated rings. The lowest BCUT2D eigenvalue weighted by molar-refractivity contribution is -0.151. The minimum Gasteiger partial charge on any atom is -0.462 e. The van der Waals surface area contributed by atoms with Gasteiger partial charge in [0, 0.05) is 6.42 Å². The first-order valence-corrected chi connectivity index (χ1v) is 22.9. The first-order valence-electron chi connectivity index (χ1n) is 22.9. The van der Waals surface area contributed by atoms with Gasteiger partial charge in [-0.3, -0.25) is 9.59 Å². The molecule has 0 radical (unpaired) electrons. The Labute approximate surface area is 334 Å². The van der Waals surface area contributed by atoms with Gasteiger partial charge in [-0.05, 0) is 77.0 Å². The zero-order valence-electron chi connectivity index (χ0n) is 35.6. The average Bonchev–Trinajstić information content (AvgIpc) is 3.16. The van der Waals surface area contributed by atoms with Gasteiger partial charge in [-0.1, -0.05) is 179 Å². The van der Waals surface area contributed by atoms with E-state index in [-0.39, 0.29) is 24.9 Å². The van der Waals surface area contributed by atoms with E-state index in [0.29, 0.717) is 19.3 Å². The molecule has 0 spiro atoms. The number of carbonyl (C=O) groups excluding carboxylic acids is 2. The number of aliphatic hydroxyl groups is 2. The highest BCUT2D eigenvalue weighted by Gasteiger charge is 2.24. The number of allylic oxidation sites excluding steroid dienone is 8. The Morgan fingerprint density at radius 3 is 1.61 bits per heavy atom. The van der Waals surface area contributed by atoms with E-state index in [4.69, 9.17) is 4.74 Å². The minimum absolute atomic E-state index is 0.0590. The van der Waals surface area contributed by atoms with Crippen LogP contribution in [0, 0.1) is 0 Å². The lowest BCUT2D eigenvalue weighted by atomic mass is 10.0. The third kappa shape index (κ3) is 36.8. The maximum Gasteiger partial charge on any atom is 0.306 e. The summed E-state index contributed by atoms with van der Waals surface area (Å²) in [6.07, 6.45) is 48.8. The maximum absolute atomic E-state index is 13.1. The van der Waals surface area contributed by atoms with Crippen molar-refractivity contribution >= 4 is 11.9 Å². The predicted molar refractivity (Wildman–Crippen MR) is 232 cm³/mol. The fraction of sp³-hybridized carbons (Fsp3) is 0.792. The maximum atomic E-state index is 13.1. The molecular weight excluding hydrogens is 671 g/mol. The van der Waals surface area contributed by atoms with Gasteiger partial charge in [-0.15, -0.1) is 0 Å². The average molecular weight is 758 g/mol. The van der Waals surface area contributed by atoms with Crippen molar-refractivity contribution in [2.45, 2.75) is 238 Å². The molecule has 3 unspecified atom stereocenters. The molecule has 6 heteroatoms. The number of unbranched alkanes of at least 4 members (excludes halogenated alkanes) is 20. The van der Waals surface area contributed by atoms with Gasteiger partial charge in [0.1, 0.15) is 6.10 Å². The summed E-state index contributed by atoms with van der Waals surface area (Å²) < 4.78 is 5.88. The summed E-state index contributed by atoms with van der Waals surface area (Å²) in [5.74, 6) is -0.510.